The standard InChI is InChI=1S/C30H31IN5O2/c1-19-25-9-20(13-34-29(37)22-5-6-24-16-38-18-30(2,17-32)26(24)10-22)11-31-12-23(25)7-8-36(19)28-15-33-14-27(35-28)21-3-4-21/h5-6,9-12,14-15,19,21H,3-4,7-8,13,16,18H2,1-2H3,(H,34,37)/q-1/t19?,30-/m1/s1. The van der Waals surface area contributed by atoms with Crippen LogP contribution in [0.25, 0.3) is 0 Å². The fourth-order valence-corrected chi connectivity index (χ4v) is 7.58. The predicted octanol–water partition coefficient (Wildman–Crippen LogP) is 1.49. The van der Waals surface area contributed by atoms with Gasteiger partial charge in [0.1, 0.15) is 0 Å². The molecule has 0 radical (unpaired) electrons. The van der Waals surface area contributed by atoms with Crippen LogP contribution in [-0.2, 0) is 16.8 Å². The Balaban J connectivity index is 1.17. The third kappa shape index (κ3) is 4.90. The molecule has 196 valence electrons. The van der Waals surface area contributed by atoms with Gasteiger partial charge in [-0.1, -0.05) is 0 Å². The van der Waals surface area contributed by atoms with Gasteiger partial charge in [0.15, 0.2) is 0 Å². The van der Waals surface area contributed by atoms with Crippen LogP contribution in [0.15, 0.2) is 61.6 Å². The van der Waals surface area contributed by atoms with Crippen LogP contribution < -0.4 is 31.4 Å². The van der Waals surface area contributed by atoms with Gasteiger partial charge in [0.25, 0.3) is 0 Å². The zero-order chi connectivity index (χ0) is 26.3. The van der Waals surface area contributed by atoms with Gasteiger partial charge in [0.2, 0.25) is 0 Å². The monoisotopic (exact) mass is 620 g/mol. The van der Waals surface area contributed by atoms with Crippen LogP contribution in [0.4, 0.5) is 5.82 Å². The molecule has 1 saturated heterocycles. The topological polar surface area (TPSA) is 91.1 Å². The second-order valence-corrected chi connectivity index (χ2v) is 12.7. The van der Waals surface area contributed by atoms with E-state index in [9.17, 15) is 10.1 Å². The van der Waals surface area contributed by atoms with E-state index in [1.807, 2.05) is 37.5 Å². The van der Waals surface area contributed by atoms with Crippen molar-refractivity contribution in [3.05, 3.63) is 83.9 Å². The van der Waals surface area contributed by atoms with Crippen molar-refractivity contribution in [2.75, 3.05) is 24.6 Å². The van der Waals surface area contributed by atoms with E-state index in [4.69, 9.17) is 9.72 Å². The molecule has 1 N–H and O–H groups in total. The number of carbonyl (C=O) groups is 1. The molecule has 8 heteroatoms. The van der Waals surface area contributed by atoms with E-state index in [0.29, 0.717) is 31.2 Å². The summed E-state index contributed by atoms with van der Waals surface area (Å²) in [7, 11) is 0. The number of anilines is 1. The molecule has 4 aliphatic rings. The molecule has 2 fully saturated rings. The van der Waals surface area contributed by atoms with E-state index in [0.717, 1.165) is 41.2 Å². The molecule has 1 amide bonds. The minimum absolute atomic E-state index is 0.125. The molecule has 0 bridgehead atoms. The Morgan fingerprint density at radius 3 is 3.00 bits per heavy atom. The number of rotatable bonds is 5. The number of hydrogen-bond donors (Lipinski definition) is 1. The van der Waals surface area contributed by atoms with Gasteiger partial charge < -0.3 is 0 Å². The molecule has 0 spiro atoms. The molecule has 6 rings (SSSR count). The molecule has 3 aliphatic heterocycles. The van der Waals surface area contributed by atoms with Crippen LogP contribution in [0.3, 0.4) is 0 Å². The number of nitriles is 1. The van der Waals surface area contributed by atoms with Crippen molar-refractivity contribution in [2.45, 2.75) is 57.1 Å². The number of benzene rings is 1. The Morgan fingerprint density at radius 1 is 1.32 bits per heavy atom. The van der Waals surface area contributed by atoms with Crippen molar-refractivity contribution in [1.82, 2.24) is 15.3 Å². The zero-order valence-electron chi connectivity index (χ0n) is 21.7. The Morgan fingerprint density at radius 2 is 2.18 bits per heavy atom. The quantitative estimate of drug-likeness (QED) is 0.510. The summed E-state index contributed by atoms with van der Waals surface area (Å²) in [6.45, 7) is 6.34. The molecular weight excluding hydrogens is 589 g/mol. The Bertz CT molecular complexity index is 1420. The van der Waals surface area contributed by atoms with E-state index in [1.54, 1.807) is 0 Å². The average Bonchev–Trinajstić information content (AvgIpc) is 3.80. The second kappa shape index (κ2) is 10.3. The summed E-state index contributed by atoms with van der Waals surface area (Å²) in [6.07, 6.45) is 9.50. The number of ether oxygens (including phenoxy) is 1. The van der Waals surface area contributed by atoms with Gasteiger partial charge >= 0.3 is 235 Å². The number of halogens is 1. The summed E-state index contributed by atoms with van der Waals surface area (Å²) in [5, 5.41) is 12.8. The first-order chi connectivity index (χ1) is 18.4. The van der Waals surface area contributed by atoms with E-state index in [1.165, 1.54) is 24.0 Å². The van der Waals surface area contributed by atoms with Crippen LogP contribution in [0.1, 0.15) is 66.2 Å². The van der Waals surface area contributed by atoms with Crippen molar-refractivity contribution in [1.29, 1.82) is 5.26 Å². The Hall–Kier alpha value is -3.03. The van der Waals surface area contributed by atoms with Crippen molar-refractivity contribution in [3.8, 4) is 6.07 Å². The summed E-state index contributed by atoms with van der Waals surface area (Å²) >= 11 is -0.228. The summed E-state index contributed by atoms with van der Waals surface area (Å²) < 4.78 is 10.3. The first-order valence-corrected chi connectivity index (χ1v) is 15.7. The van der Waals surface area contributed by atoms with Gasteiger partial charge in [-0.2, -0.15) is 0 Å². The Kier molecular flexibility index (Phi) is 6.82. The summed E-state index contributed by atoms with van der Waals surface area (Å²) in [5.41, 5.74) is 6.70. The van der Waals surface area contributed by atoms with Crippen molar-refractivity contribution in [2.24, 2.45) is 0 Å². The third-order valence-electron chi connectivity index (χ3n) is 7.89. The third-order valence-corrected chi connectivity index (χ3v) is 10.2. The fourth-order valence-electron chi connectivity index (χ4n) is 5.43. The molecular formula is C30H31IN5O2-. The van der Waals surface area contributed by atoms with Crippen molar-refractivity contribution in [3.63, 3.8) is 0 Å². The molecule has 2 aromatic rings. The van der Waals surface area contributed by atoms with Gasteiger partial charge in [-0.3, -0.25) is 0 Å². The van der Waals surface area contributed by atoms with Gasteiger partial charge in [0.05, 0.1) is 0 Å². The predicted molar refractivity (Wildman–Crippen MR) is 141 cm³/mol. The number of amides is 1. The zero-order valence-corrected chi connectivity index (χ0v) is 23.9. The van der Waals surface area contributed by atoms with E-state index >= 15 is 0 Å². The number of nitrogens with one attached hydrogen (secondary N) is 1. The van der Waals surface area contributed by atoms with Gasteiger partial charge in [0, 0.05) is 0 Å². The normalized spacial score (nSPS) is 24.8. The second-order valence-electron chi connectivity index (χ2n) is 10.7. The van der Waals surface area contributed by atoms with Crippen LogP contribution in [-0.4, -0.2) is 41.6 Å². The first-order valence-electron chi connectivity index (χ1n) is 13.2. The fraction of sp³-hybridized carbons (Fsp3) is 0.400. The van der Waals surface area contributed by atoms with Gasteiger partial charge in [-0.05, 0) is 0 Å². The number of hydrogen-bond acceptors (Lipinski definition) is 6. The van der Waals surface area contributed by atoms with E-state index in [-0.39, 0.29) is 33.2 Å². The van der Waals surface area contributed by atoms with Crippen LogP contribution in [0.2, 0.25) is 0 Å². The molecule has 4 heterocycles. The molecule has 1 aliphatic carbocycles. The molecule has 1 unspecified atom stereocenters. The maximum atomic E-state index is 13.1. The number of piperidine rings is 1. The summed E-state index contributed by atoms with van der Waals surface area (Å²) in [4.78, 5) is 24.9. The first kappa shape index (κ1) is 25.3. The molecule has 2 atom stereocenters. The minimum atomic E-state index is -0.740. The molecule has 1 aromatic heterocycles. The van der Waals surface area contributed by atoms with Crippen molar-refractivity contribution >= 4 is 11.7 Å². The van der Waals surface area contributed by atoms with Crippen LogP contribution in [0, 0.1) is 11.3 Å². The number of nitrogens with zero attached hydrogens (tertiary/aromatic N) is 4. The maximum absolute atomic E-state index is 13.1. The molecule has 1 aromatic carbocycles. The Labute approximate surface area is 233 Å². The molecule has 1 saturated carbocycles. The molecule has 38 heavy (non-hydrogen) atoms. The summed E-state index contributed by atoms with van der Waals surface area (Å²) in [6, 6.07) is 8.15. The number of carbonyl (C=O) groups excluding carboxylic acids is 1. The van der Waals surface area contributed by atoms with Gasteiger partial charge in [-0.25, -0.2) is 0 Å². The molecule has 7 nitrogen and oxygen atoms in total. The number of fused-ring (bicyclic) bond motifs is 2. The van der Waals surface area contributed by atoms with E-state index < -0.39 is 5.41 Å². The van der Waals surface area contributed by atoms with E-state index in [2.05, 4.69) is 42.4 Å². The SMILES string of the molecule is CC1C2=CC(CNC(=O)c3ccc4c(c3)[C@](C)(C#N)COC4)=C[I-]C=C2CCN1c1cncc(C2CC2)n1. The summed E-state index contributed by atoms with van der Waals surface area (Å²) in [5.74, 6) is 1.41. The van der Waals surface area contributed by atoms with Crippen molar-refractivity contribution < 1.29 is 30.7 Å². The number of aromatic nitrogens is 2. The average molecular weight is 621 g/mol. The van der Waals surface area contributed by atoms with Gasteiger partial charge in [-0.15, -0.1) is 0 Å². The van der Waals surface area contributed by atoms with Crippen LogP contribution in [0.5, 0.6) is 0 Å². The van der Waals surface area contributed by atoms with Crippen LogP contribution >= 0.6 is 0 Å².